The van der Waals surface area contributed by atoms with E-state index in [1.54, 1.807) is 0 Å². The Morgan fingerprint density at radius 2 is 2.20 bits per heavy atom. The third-order valence-corrected chi connectivity index (χ3v) is 1.28. The van der Waals surface area contributed by atoms with E-state index in [2.05, 4.69) is 4.74 Å². The molecule has 3 heteroatoms. The molecule has 0 bridgehead atoms. The zero-order valence-corrected chi connectivity index (χ0v) is 6.42. The van der Waals surface area contributed by atoms with Gasteiger partial charge in [0.25, 0.3) is 0 Å². The van der Waals surface area contributed by atoms with Gasteiger partial charge in [0.05, 0.1) is 7.11 Å². The second kappa shape index (κ2) is 5.23. The number of ether oxygens (including phenoxy) is 1. The zero-order chi connectivity index (χ0) is 7.98. The van der Waals surface area contributed by atoms with Gasteiger partial charge in [0.1, 0.15) is 0 Å². The molecule has 0 saturated carbocycles. The van der Waals surface area contributed by atoms with Crippen LogP contribution < -0.4 is 0 Å². The molecule has 0 aliphatic carbocycles. The number of hydrogen-bond acceptors (Lipinski definition) is 2. The summed E-state index contributed by atoms with van der Waals surface area (Å²) in [5.41, 5.74) is 0. The van der Waals surface area contributed by atoms with Gasteiger partial charge in [-0.2, -0.15) is 0 Å². The molecular formula is C7H13O3. The largest absolute Gasteiger partial charge is 0.467 e. The van der Waals surface area contributed by atoms with Gasteiger partial charge in [-0.3, -0.25) is 0 Å². The molecule has 0 amide bonds. The molecule has 0 N–H and O–H groups in total. The van der Waals surface area contributed by atoms with Crippen molar-refractivity contribution in [2.45, 2.75) is 32.3 Å². The van der Waals surface area contributed by atoms with Crippen molar-refractivity contribution in [3.63, 3.8) is 0 Å². The molecule has 1 atom stereocenters. The monoisotopic (exact) mass is 145 g/mol. The standard InChI is InChI=1S/C7H13O3/c1-3-4-5-6(8)7(9)10-2/h6H,3-5H2,1-2H3. The first kappa shape index (κ1) is 9.43. The minimum Gasteiger partial charge on any atom is -0.467 e. The van der Waals surface area contributed by atoms with Crippen LogP contribution in [0.1, 0.15) is 26.2 Å². The minimum atomic E-state index is -1.18. The van der Waals surface area contributed by atoms with E-state index in [1.807, 2.05) is 6.92 Å². The van der Waals surface area contributed by atoms with Crippen LogP contribution in [0.25, 0.3) is 0 Å². The Morgan fingerprint density at radius 3 is 2.60 bits per heavy atom. The lowest BCUT2D eigenvalue weighted by molar-refractivity contribution is -0.154. The summed E-state index contributed by atoms with van der Waals surface area (Å²) in [5, 5.41) is 10.7. The van der Waals surface area contributed by atoms with Crippen molar-refractivity contribution >= 4 is 5.97 Å². The maximum absolute atomic E-state index is 10.7. The molecule has 0 aromatic rings. The lowest BCUT2D eigenvalue weighted by Crippen LogP contribution is -2.19. The van der Waals surface area contributed by atoms with Crippen molar-refractivity contribution < 1.29 is 14.6 Å². The molecule has 0 rings (SSSR count). The van der Waals surface area contributed by atoms with Gasteiger partial charge in [-0.15, -0.1) is 0 Å². The summed E-state index contributed by atoms with van der Waals surface area (Å²) >= 11 is 0. The molecule has 0 fully saturated rings. The van der Waals surface area contributed by atoms with E-state index in [0.717, 1.165) is 12.8 Å². The maximum Gasteiger partial charge on any atom is 0.338 e. The summed E-state index contributed by atoms with van der Waals surface area (Å²) in [4.78, 5) is 10.5. The summed E-state index contributed by atoms with van der Waals surface area (Å²) in [6.45, 7) is 1.98. The van der Waals surface area contributed by atoms with Crippen molar-refractivity contribution in [2.75, 3.05) is 7.11 Å². The molecule has 0 heterocycles. The van der Waals surface area contributed by atoms with Gasteiger partial charge in [0.15, 0.2) is 6.10 Å². The van der Waals surface area contributed by atoms with E-state index < -0.39 is 12.1 Å². The van der Waals surface area contributed by atoms with Crippen LogP contribution in [0.15, 0.2) is 0 Å². The van der Waals surface area contributed by atoms with Crippen LogP contribution in [0.5, 0.6) is 0 Å². The lowest BCUT2D eigenvalue weighted by Gasteiger charge is -2.03. The third-order valence-electron chi connectivity index (χ3n) is 1.28. The molecule has 59 valence electrons. The predicted octanol–water partition coefficient (Wildman–Crippen LogP) is 1.15. The first-order chi connectivity index (χ1) is 4.72. The second-order valence-electron chi connectivity index (χ2n) is 2.15. The molecule has 1 unspecified atom stereocenters. The minimum absolute atomic E-state index is 0.392. The normalized spacial score (nSPS) is 12.7. The molecule has 0 saturated heterocycles. The molecule has 0 aromatic heterocycles. The van der Waals surface area contributed by atoms with Crippen LogP contribution in [-0.4, -0.2) is 19.2 Å². The Hall–Kier alpha value is -0.570. The van der Waals surface area contributed by atoms with Gasteiger partial charge < -0.3 is 4.74 Å². The van der Waals surface area contributed by atoms with Crippen LogP contribution in [0.4, 0.5) is 0 Å². The summed E-state index contributed by atoms with van der Waals surface area (Å²) in [6.07, 6.45) is 0.951. The van der Waals surface area contributed by atoms with Crippen molar-refractivity contribution in [3.8, 4) is 0 Å². The van der Waals surface area contributed by atoms with Crippen molar-refractivity contribution in [2.24, 2.45) is 0 Å². The average Bonchev–Trinajstić information content (AvgIpc) is 1.98. The fraction of sp³-hybridized carbons (Fsp3) is 0.857. The van der Waals surface area contributed by atoms with E-state index in [4.69, 9.17) is 0 Å². The highest BCUT2D eigenvalue weighted by Crippen LogP contribution is 2.01. The SMILES string of the molecule is CCCCC([O])C(=O)OC. The van der Waals surface area contributed by atoms with Crippen LogP contribution in [0.2, 0.25) is 0 Å². The molecule has 1 radical (unpaired) electrons. The molecular weight excluding hydrogens is 132 g/mol. The summed E-state index contributed by atoms with van der Waals surface area (Å²) in [7, 11) is 1.24. The van der Waals surface area contributed by atoms with Crippen LogP contribution in [-0.2, 0) is 14.6 Å². The van der Waals surface area contributed by atoms with Gasteiger partial charge in [-0.1, -0.05) is 19.8 Å². The average molecular weight is 145 g/mol. The molecule has 0 aromatic carbocycles. The highest BCUT2D eigenvalue weighted by Gasteiger charge is 2.15. The van der Waals surface area contributed by atoms with Crippen molar-refractivity contribution in [1.29, 1.82) is 0 Å². The highest BCUT2D eigenvalue weighted by molar-refractivity contribution is 5.73. The maximum atomic E-state index is 10.7. The number of carbonyl (C=O) groups is 1. The third kappa shape index (κ3) is 3.45. The van der Waals surface area contributed by atoms with Gasteiger partial charge in [-0.25, -0.2) is 9.90 Å². The number of unbranched alkanes of at least 4 members (excludes halogenated alkanes) is 1. The van der Waals surface area contributed by atoms with Crippen LogP contribution >= 0.6 is 0 Å². The molecule has 0 spiro atoms. The van der Waals surface area contributed by atoms with Gasteiger partial charge >= 0.3 is 5.97 Å². The topological polar surface area (TPSA) is 46.2 Å². The first-order valence-electron chi connectivity index (χ1n) is 3.46. The van der Waals surface area contributed by atoms with Gasteiger partial charge in [0, 0.05) is 0 Å². The van der Waals surface area contributed by atoms with E-state index in [9.17, 15) is 9.90 Å². The number of esters is 1. The summed E-state index contributed by atoms with van der Waals surface area (Å²) in [5.74, 6) is -0.645. The van der Waals surface area contributed by atoms with Gasteiger partial charge in [0.2, 0.25) is 0 Å². The number of carbonyl (C=O) groups excluding carboxylic acids is 1. The van der Waals surface area contributed by atoms with E-state index in [0.29, 0.717) is 6.42 Å². The summed E-state index contributed by atoms with van der Waals surface area (Å²) < 4.78 is 4.26. The first-order valence-corrected chi connectivity index (χ1v) is 3.46. The van der Waals surface area contributed by atoms with E-state index in [-0.39, 0.29) is 0 Å². The Morgan fingerprint density at radius 1 is 1.60 bits per heavy atom. The Balaban J connectivity index is 3.41. The Bertz CT molecular complexity index is 101. The van der Waals surface area contributed by atoms with E-state index >= 15 is 0 Å². The molecule has 10 heavy (non-hydrogen) atoms. The quantitative estimate of drug-likeness (QED) is 0.557. The van der Waals surface area contributed by atoms with E-state index in [1.165, 1.54) is 7.11 Å². The number of hydrogen-bond donors (Lipinski definition) is 0. The van der Waals surface area contributed by atoms with Crippen molar-refractivity contribution in [1.82, 2.24) is 0 Å². The molecule has 3 nitrogen and oxygen atoms in total. The lowest BCUT2D eigenvalue weighted by atomic mass is 10.2. The fourth-order valence-electron chi connectivity index (χ4n) is 0.639. The van der Waals surface area contributed by atoms with Crippen molar-refractivity contribution in [3.05, 3.63) is 0 Å². The van der Waals surface area contributed by atoms with Crippen LogP contribution in [0.3, 0.4) is 0 Å². The number of methoxy groups -OCH3 is 1. The Kier molecular flexibility index (Phi) is 4.94. The Labute approximate surface area is 61.0 Å². The number of rotatable bonds is 4. The molecule has 0 aliphatic heterocycles. The zero-order valence-electron chi connectivity index (χ0n) is 6.42. The smallest absolute Gasteiger partial charge is 0.338 e. The molecule has 0 aliphatic rings. The van der Waals surface area contributed by atoms with Crippen LogP contribution in [0, 0.1) is 0 Å². The van der Waals surface area contributed by atoms with Gasteiger partial charge in [-0.05, 0) is 6.42 Å². The second-order valence-corrected chi connectivity index (χ2v) is 2.15. The predicted molar refractivity (Wildman–Crippen MR) is 36.0 cm³/mol. The summed E-state index contributed by atoms with van der Waals surface area (Å²) in [6, 6.07) is 0. The fourth-order valence-corrected chi connectivity index (χ4v) is 0.639. The highest BCUT2D eigenvalue weighted by atomic mass is 16.5.